The number of benzene rings is 1. The molecular weight excluding hydrogens is 242 g/mol. The van der Waals surface area contributed by atoms with Crippen molar-refractivity contribution in [2.75, 3.05) is 0 Å². The summed E-state index contributed by atoms with van der Waals surface area (Å²) < 4.78 is 0. The monoisotopic (exact) mass is 261 g/mol. The lowest BCUT2D eigenvalue weighted by atomic mass is 9.95. The maximum Gasteiger partial charge on any atom is 0.326 e. The zero-order valence-electron chi connectivity index (χ0n) is 11.4. The van der Waals surface area contributed by atoms with Crippen molar-refractivity contribution in [2.45, 2.75) is 33.2 Å². The number of hydrogen-bond donors (Lipinski definition) is 2. The number of allylic oxidation sites excluding steroid dienone is 1. The van der Waals surface area contributed by atoms with Crippen LogP contribution in [-0.2, 0) is 9.59 Å². The summed E-state index contributed by atoms with van der Waals surface area (Å²) in [6.07, 6.45) is 2.16. The predicted molar refractivity (Wildman–Crippen MR) is 74.7 cm³/mol. The van der Waals surface area contributed by atoms with Gasteiger partial charge in [0.05, 0.1) is 0 Å². The van der Waals surface area contributed by atoms with Gasteiger partial charge in [-0.3, -0.25) is 4.79 Å². The lowest BCUT2D eigenvalue weighted by Gasteiger charge is -2.17. The van der Waals surface area contributed by atoms with Crippen LogP contribution in [0, 0.1) is 6.92 Å². The summed E-state index contributed by atoms with van der Waals surface area (Å²) in [7, 11) is 0. The Morgan fingerprint density at radius 1 is 1.37 bits per heavy atom. The molecule has 1 amide bonds. The van der Waals surface area contributed by atoms with Gasteiger partial charge < -0.3 is 10.4 Å². The molecule has 0 saturated heterocycles. The molecule has 1 aromatic rings. The number of rotatable bonds is 5. The van der Waals surface area contributed by atoms with Crippen molar-refractivity contribution in [1.29, 1.82) is 0 Å². The van der Waals surface area contributed by atoms with Crippen molar-refractivity contribution in [3.63, 3.8) is 0 Å². The molecule has 19 heavy (non-hydrogen) atoms. The fraction of sp³-hybridized carbons (Fsp3) is 0.333. The normalized spacial score (nSPS) is 12.9. The minimum atomic E-state index is -1.02. The molecular formula is C15H19NO3. The quantitative estimate of drug-likeness (QED) is 0.855. The molecule has 2 N–H and O–H groups in total. The Morgan fingerprint density at radius 2 is 2.00 bits per heavy atom. The fourth-order valence-corrected chi connectivity index (χ4v) is 1.98. The second kappa shape index (κ2) is 6.73. The van der Waals surface area contributed by atoms with Gasteiger partial charge in [-0.1, -0.05) is 30.3 Å². The van der Waals surface area contributed by atoms with Crippen LogP contribution < -0.4 is 5.32 Å². The molecule has 0 spiro atoms. The van der Waals surface area contributed by atoms with Gasteiger partial charge in [-0.2, -0.15) is 0 Å². The minimum Gasteiger partial charge on any atom is -0.480 e. The molecule has 4 nitrogen and oxygen atoms in total. The molecule has 0 unspecified atom stereocenters. The highest BCUT2D eigenvalue weighted by atomic mass is 16.4. The van der Waals surface area contributed by atoms with Crippen LogP contribution in [0.3, 0.4) is 0 Å². The van der Waals surface area contributed by atoms with Gasteiger partial charge in [0.2, 0.25) is 5.91 Å². The minimum absolute atomic E-state index is 0.274. The zero-order valence-corrected chi connectivity index (χ0v) is 11.4. The van der Waals surface area contributed by atoms with E-state index >= 15 is 0 Å². The van der Waals surface area contributed by atoms with Crippen molar-refractivity contribution < 1.29 is 14.7 Å². The van der Waals surface area contributed by atoms with Gasteiger partial charge >= 0.3 is 5.97 Å². The molecule has 0 bridgehead atoms. The van der Waals surface area contributed by atoms with E-state index in [2.05, 4.69) is 5.32 Å². The van der Waals surface area contributed by atoms with Crippen molar-refractivity contribution in [3.05, 3.63) is 41.5 Å². The number of carbonyl (C=O) groups is 2. The van der Waals surface area contributed by atoms with Crippen LogP contribution in [0.5, 0.6) is 0 Å². The van der Waals surface area contributed by atoms with Gasteiger partial charge in [0.15, 0.2) is 0 Å². The Balaban J connectivity index is 2.96. The van der Waals surface area contributed by atoms with E-state index in [4.69, 9.17) is 5.11 Å². The predicted octanol–water partition coefficient (Wildman–Crippen LogP) is 2.38. The molecule has 0 radical (unpaired) electrons. The average Bonchev–Trinajstić information content (AvgIpc) is 2.35. The molecule has 1 rings (SSSR count). The summed E-state index contributed by atoms with van der Waals surface area (Å²) in [5, 5.41) is 11.6. The highest BCUT2D eigenvalue weighted by Gasteiger charge is 2.20. The maximum absolute atomic E-state index is 11.2. The summed E-state index contributed by atoms with van der Waals surface area (Å²) >= 11 is 0. The third kappa shape index (κ3) is 4.25. The fourth-order valence-electron chi connectivity index (χ4n) is 1.98. The molecule has 0 aliphatic carbocycles. The van der Waals surface area contributed by atoms with E-state index in [-0.39, 0.29) is 12.3 Å². The van der Waals surface area contributed by atoms with E-state index in [0.717, 1.165) is 16.7 Å². The standard InChI is InChI=1S/C15H19NO3/c1-4-12(13-8-6-5-7-10(13)2)9-14(15(18)19)16-11(3)17/h4-8,14H,9H2,1-3H3,(H,16,17)(H,18,19)/b12-4-/t14-/m0/s1. The van der Waals surface area contributed by atoms with Crippen LogP contribution in [0.4, 0.5) is 0 Å². The van der Waals surface area contributed by atoms with Crippen LogP contribution in [0.15, 0.2) is 30.3 Å². The number of aliphatic carboxylic acids is 1. The van der Waals surface area contributed by atoms with Gasteiger partial charge in [0, 0.05) is 13.3 Å². The Labute approximate surface area is 113 Å². The molecule has 1 atom stereocenters. The molecule has 0 saturated carbocycles. The molecule has 0 aliphatic heterocycles. The van der Waals surface area contributed by atoms with E-state index in [1.54, 1.807) is 0 Å². The second-order valence-electron chi connectivity index (χ2n) is 4.42. The number of hydrogen-bond acceptors (Lipinski definition) is 2. The highest BCUT2D eigenvalue weighted by Crippen LogP contribution is 2.23. The first-order chi connectivity index (χ1) is 8.95. The van der Waals surface area contributed by atoms with E-state index in [9.17, 15) is 9.59 Å². The van der Waals surface area contributed by atoms with Crippen molar-refractivity contribution in [1.82, 2.24) is 5.32 Å². The average molecular weight is 261 g/mol. The van der Waals surface area contributed by atoms with Gasteiger partial charge in [0.1, 0.15) is 6.04 Å². The van der Waals surface area contributed by atoms with Crippen LogP contribution in [0.25, 0.3) is 5.57 Å². The Hall–Kier alpha value is -2.10. The van der Waals surface area contributed by atoms with Crippen molar-refractivity contribution in [2.24, 2.45) is 0 Å². The highest BCUT2D eigenvalue weighted by molar-refractivity contribution is 5.84. The molecule has 0 fully saturated rings. The van der Waals surface area contributed by atoms with Crippen molar-refractivity contribution >= 4 is 17.4 Å². The maximum atomic E-state index is 11.2. The van der Waals surface area contributed by atoms with E-state index < -0.39 is 12.0 Å². The third-order valence-corrected chi connectivity index (χ3v) is 2.94. The van der Waals surface area contributed by atoms with E-state index in [1.165, 1.54) is 6.92 Å². The summed E-state index contributed by atoms with van der Waals surface area (Å²) in [4.78, 5) is 22.2. The van der Waals surface area contributed by atoms with Gasteiger partial charge in [-0.25, -0.2) is 4.79 Å². The van der Waals surface area contributed by atoms with E-state index in [1.807, 2.05) is 44.2 Å². The van der Waals surface area contributed by atoms with Crippen LogP contribution in [-0.4, -0.2) is 23.0 Å². The first-order valence-corrected chi connectivity index (χ1v) is 6.16. The lowest BCUT2D eigenvalue weighted by molar-refractivity contribution is -0.141. The number of carboxylic acids is 1. The van der Waals surface area contributed by atoms with Crippen molar-refractivity contribution in [3.8, 4) is 0 Å². The first-order valence-electron chi connectivity index (χ1n) is 6.16. The SMILES string of the molecule is C/C=C(/C[C@H](NC(C)=O)C(=O)O)c1ccccc1C. The largest absolute Gasteiger partial charge is 0.480 e. The molecule has 0 aliphatic rings. The lowest BCUT2D eigenvalue weighted by Crippen LogP contribution is -2.39. The Kier molecular flexibility index (Phi) is 5.30. The van der Waals surface area contributed by atoms with Crippen LogP contribution in [0.1, 0.15) is 31.4 Å². The zero-order chi connectivity index (χ0) is 14.4. The van der Waals surface area contributed by atoms with Crippen LogP contribution in [0.2, 0.25) is 0 Å². The number of nitrogens with one attached hydrogen (secondary N) is 1. The van der Waals surface area contributed by atoms with Crippen LogP contribution >= 0.6 is 0 Å². The smallest absolute Gasteiger partial charge is 0.326 e. The number of aryl methyl sites for hydroxylation is 1. The molecule has 4 heteroatoms. The van der Waals surface area contributed by atoms with Gasteiger partial charge in [-0.05, 0) is 30.5 Å². The topological polar surface area (TPSA) is 66.4 Å². The Morgan fingerprint density at radius 3 is 2.47 bits per heavy atom. The Bertz CT molecular complexity index is 506. The molecule has 0 aromatic heterocycles. The summed E-state index contributed by atoms with van der Waals surface area (Å²) in [6, 6.07) is 6.89. The molecule has 0 heterocycles. The molecule has 1 aromatic carbocycles. The number of carboxylic acid groups (broad SMARTS) is 1. The number of carbonyl (C=O) groups excluding carboxylic acids is 1. The summed E-state index contributed by atoms with van der Waals surface area (Å²) in [6.45, 7) is 5.17. The second-order valence-corrected chi connectivity index (χ2v) is 4.42. The summed E-state index contributed by atoms with van der Waals surface area (Å²) in [5.74, 6) is -1.37. The van der Waals surface area contributed by atoms with Gasteiger partial charge in [-0.15, -0.1) is 0 Å². The number of amides is 1. The first kappa shape index (κ1) is 15.0. The third-order valence-electron chi connectivity index (χ3n) is 2.94. The summed E-state index contributed by atoms with van der Waals surface area (Å²) in [5.41, 5.74) is 3.02. The molecule has 102 valence electrons. The van der Waals surface area contributed by atoms with E-state index in [0.29, 0.717) is 0 Å². The van der Waals surface area contributed by atoms with Gasteiger partial charge in [0.25, 0.3) is 0 Å².